The highest BCUT2D eigenvalue weighted by molar-refractivity contribution is 9.10. The number of halogens is 1. The molecular formula is C13H19BBrN5O3. The molecule has 0 bridgehead atoms. The first-order chi connectivity index (χ1) is 11.1. The molecule has 0 aliphatic carbocycles. The van der Waals surface area contributed by atoms with Crippen LogP contribution in [0.25, 0.3) is 0 Å². The van der Waals surface area contributed by atoms with Crippen molar-refractivity contribution in [2.24, 2.45) is 5.73 Å². The third kappa shape index (κ3) is 6.00. The van der Waals surface area contributed by atoms with Crippen molar-refractivity contribution >= 4 is 23.3 Å². The second kappa shape index (κ2) is 9.09. The fourth-order valence-corrected chi connectivity index (χ4v) is 2.40. The number of hydrogen-bond acceptors (Lipinski definition) is 7. The standard InChI is InChI=1S/C13H19BBrN5O3/c15-11-6-4-10(5-7-11)9-20-13(17-18-19-20)12(16)3-1-2-8-23-14(21)22/h4-7,12,21-22H,1-3,8-9,16H2. The van der Waals surface area contributed by atoms with Crippen LogP contribution in [0.15, 0.2) is 28.7 Å². The number of benzene rings is 1. The van der Waals surface area contributed by atoms with E-state index < -0.39 is 7.32 Å². The van der Waals surface area contributed by atoms with E-state index in [0.29, 0.717) is 25.2 Å². The molecule has 23 heavy (non-hydrogen) atoms. The van der Waals surface area contributed by atoms with Crippen molar-refractivity contribution in [3.8, 4) is 0 Å². The van der Waals surface area contributed by atoms with Crippen LogP contribution in [0.4, 0.5) is 0 Å². The number of aromatic nitrogens is 4. The number of unbranched alkanes of at least 4 members (excludes halogenated alkanes) is 1. The van der Waals surface area contributed by atoms with Crippen molar-refractivity contribution in [3.63, 3.8) is 0 Å². The summed E-state index contributed by atoms with van der Waals surface area (Å²) in [4.78, 5) is 0. The average molecular weight is 384 g/mol. The number of hydrogen-bond donors (Lipinski definition) is 3. The van der Waals surface area contributed by atoms with Gasteiger partial charge in [-0.15, -0.1) is 5.10 Å². The number of nitrogens with two attached hydrogens (primary N) is 1. The van der Waals surface area contributed by atoms with E-state index in [4.69, 9.17) is 15.8 Å². The second-order valence-electron chi connectivity index (χ2n) is 5.12. The Balaban J connectivity index is 1.85. The molecule has 0 radical (unpaired) electrons. The number of tetrazole rings is 1. The second-order valence-corrected chi connectivity index (χ2v) is 6.04. The highest BCUT2D eigenvalue weighted by atomic mass is 79.9. The van der Waals surface area contributed by atoms with Crippen LogP contribution in [0.5, 0.6) is 0 Å². The SMILES string of the molecule is NC(CCCCOB(O)O)c1nnnn1Cc1ccc(Br)cc1. The number of nitrogens with zero attached hydrogens (tertiary/aromatic N) is 4. The molecular weight excluding hydrogens is 365 g/mol. The van der Waals surface area contributed by atoms with Crippen molar-refractivity contribution in [1.29, 1.82) is 0 Å². The summed E-state index contributed by atoms with van der Waals surface area (Å²) < 4.78 is 7.36. The minimum Gasteiger partial charge on any atom is -0.402 e. The van der Waals surface area contributed by atoms with Crippen molar-refractivity contribution in [2.75, 3.05) is 6.61 Å². The van der Waals surface area contributed by atoms with Gasteiger partial charge in [-0.25, -0.2) is 4.68 Å². The Morgan fingerprint density at radius 2 is 2.00 bits per heavy atom. The van der Waals surface area contributed by atoms with Gasteiger partial charge in [0.05, 0.1) is 12.6 Å². The van der Waals surface area contributed by atoms with Crippen LogP contribution in [-0.4, -0.2) is 44.2 Å². The zero-order chi connectivity index (χ0) is 16.7. The lowest BCUT2D eigenvalue weighted by atomic mass is 10.1. The van der Waals surface area contributed by atoms with Gasteiger partial charge in [0, 0.05) is 11.1 Å². The lowest BCUT2D eigenvalue weighted by molar-refractivity contribution is 0.181. The Kier molecular flexibility index (Phi) is 7.12. The maximum Gasteiger partial charge on any atom is 0.633 e. The van der Waals surface area contributed by atoms with Gasteiger partial charge in [-0.05, 0) is 47.4 Å². The summed E-state index contributed by atoms with van der Waals surface area (Å²) in [5.41, 5.74) is 7.23. The third-order valence-corrected chi connectivity index (χ3v) is 3.84. The molecule has 1 heterocycles. The summed E-state index contributed by atoms with van der Waals surface area (Å²) in [6, 6.07) is 7.65. The Hall–Kier alpha value is -1.33. The van der Waals surface area contributed by atoms with Gasteiger partial charge >= 0.3 is 7.32 Å². The molecule has 1 aromatic carbocycles. The summed E-state index contributed by atoms with van der Waals surface area (Å²) in [5, 5.41) is 28.9. The molecule has 2 rings (SSSR count). The largest absolute Gasteiger partial charge is 0.633 e. The van der Waals surface area contributed by atoms with Crippen molar-refractivity contribution in [1.82, 2.24) is 20.2 Å². The van der Waals surface area contributed by atoms with E-state index in [2.05, 4.69) is 36.1 Å². The van der Waals surface area contributed by atoms with E-state index in [1.807, 2.05) is 24.3 Å². The summed E-state index contributed by atoms with van der Waals surface area (Å²) in [7, 11) is -1.72. The molecule has 0 saturated carbocycles. The first kappa shape index (κ1) is 18.0. The average Bonchev–Trinajstić information content (AvgIpc) is 2.97. The van der Waals surface area contributed by atoms with Crippen molar-refractivity contribution in [2.45, 2.75) is 31.8 Å². The zero-order valence-electron chi connectivity index (χ0n) is 12.5. The Bertz CT molecular complexity index is 596. The van der Waals surface area contributed by atoms with E-state index in [-0.39, 0.29) is 12.6 Å². The Labute approximate surface area is 142 Å². The Morgan fingerprint density at radius 3 is 2.70 bits per heavy atom. The molecule has 1 atom stereocenters. The van der Waals surface area contributed by atoms with Crippen LogP contribution < -0.4 is 5.73 Å². The highest BCUT2D eigenvalue weighted by Gasteiger charge is 2.15. The van der Waals surface area contributed by atoms with Gasteiger partial charge in [-0.2, -0.15) is 0 Å². The first-order valence-corrected chi connectivity index (χ1v) is 8.09. The smallest absolute Gasteiger partial charge is 0.402 e. The maximum atomic E-state index is 8.58. The van der Waals surface area contributed by atoms with Crippen molar-refractivity contribution < 1.29 is 14.7 Å². The zero-order valence-corrected chi connectivity index (χ0v) is 14.1. The predicted octanol–water partition coefficient (Wildman–Crippen LogP) is 0.640. The third-order valence-electron chi connectivity index (χ3n) is 3.31. The molecule has 10 heteroatoms. The quantitative estimate of drug-likeness (QED) is 0.429. The molecule has 2 aromatic rings. The highest BCUT2D eigenvalue weighted by Crippen LogP contribution is 2.16. The molecule has 0 amide bonds. The molecule has 0 aliphatic rings. The normalized spacial score (nSPS) is 12.3. The van der Waals surface area contributed by atoms with Gasteiger partial charge in [0.25, 0.3) is 0 Å². The topological polar surface area (TPSA) is 119 Å². The van der Waals surface area contributed by atoms with Crippen LogP contribution in [-0.2, 0) is 11.2 Å². The fourth-order valence-electron chi connectivity index (χ4n) is 2.14. The first-order valence-electron chi connectivity index (χ1n) is 7.30. The molecule has 0 spiro atoms. The minimum atomic E-state index is -1.72. The van der Waals surface area contributed by atoms with E-state index in [0.717, 1.165) is 16.5 Å². The molecule has 0 saturated heterocycles. The molecule has 1 aromatic heterocycles. The summed E-state index contributed by atoms with van der Waals surface area (Å²) in [5.74, 6) is 0.635. The van der Waals surface area contributed by atoms with Gasteiger partial charge in [0.2, 0.25) is 0 Å². The molecule has 4 N–H and O–H groups in total. The van der Waals surface area contributed by atoms with Crippen LogP contribution in [0.1, 0.15) is 36.7 Å². The van der Waals surface area contributed by atoms with Crippen LogP contribution in [0.2, 0.25) is 0 Å². The van der Waals surface area contributed by atoms with Gasteiger partial charge in [0.1, 0.15) is 0 Å². The maximum absolute atomic E-state index is 8.58. The fraction of sp³-hybridized carbons (Fsp3) is 0.462. The number of rotatable bonds is 9. The Morgan fingerprint density at radius 1 is 1.26 bits per heavy atom. The van der Waals surface area contributed by atoms with Crippen LogP contribution >= 0.6 is 15.9 Å². The van der Waals surface area contributed by atoms with Crippen LogP contribution in [0.3, 0.4) is 0 Å². The van der Waals surface area contributed by atoms with Crippen molar-refractivity contribution in [3.05, 3.63) is 40.1 Å². The molecule has 1 unspecified atom stereocenters. The van der Waals surface area contributed by atoms with Crippen LogP contribution in [0, 0.1) is 0 Å². The minimum absolute atomic E-state index is 0.272. The van der Waals surface area contributed by atoms with E-state index >= 15 is 0 Å². The van der Waals surface area contributed by atoms with E-state index in [1.165, 1.54) is 0 Å². The van der Waals surface area contributed by atoms with Gasteiger partial charge < -0.3 is 20.4 Å². The lowest BCUT2D eigenvalue weighted by Crippen LogP contribution is -2.19. The van der Waals surface area contributed by atoms with Gasteiger partial charge in [0.15, 0.2) is 5.82 Å². The molecule has 124 valence electrons. The van der Waals surface area contributed by atoms with Gasteiger partial charge in [-0.3, -0.25) is 0 Å². The van der Waals surface area contributed by atoms with E-state index in [9.17, 15) is 0 Å². The molecule has 0 aliphatic heterocycles. The summed E-state index contributed by atoms with van der Waals surface area (Å²) >= 11 is 3.40. The van der Waals surface area contributed by atoms with Gasteiger partial charge in [-0.1, -0.05) is 28.1 Å². The summed E-state index contributed by atoms with van der Waals surface area (Å²) in [6.45, 7) is 0.831. The lowest BCUT2D eigenvalue weighted by Gasteiger charge is -2.12. The predicted molar refractivity (Wildman–Crippen MR) is 88.0 cm³/mol. The molecule has 8 nitrogen and oxygen atoms in total. The molecule has 0 fully saturated rings. The monoisotopic (exact) mass is 383 g/mol. The van der Waals surface area contributed by atoms with E-state index in [1.54, 1.807) is 4.68 Å². The summed E-state index contributed by atoms with van der Waals surface area (Å²) in [6.07, 6.45) is 2.14.